The lowest BCUT2D eigenvalue weighted by atomic mass is 10.1. The lowest BCUT2D eigenvalue weighted by molar-refractivity contribution is 0.580. The molecule has 19 heavy (non-hydrogen) atoms. The van der Waals surface area contributed by atoms with E-state index in [9.17, 15) is 0 Å². The van der Waals surface area contributed by atoms with Gasteiger partial charge in [0.15, 0.2) is 0 Å². The fourth-order valence-corrected chi connectivity index (χ4v) is 2.93. The summed E-state index contributed by atoms with van der Waals surface area (Å²) in [7, 11) is 0. The van der Waals surface area contributed by atoms with Crippen molar-refractivity contribution in [2.75, 3.05) is 6.54 Å². The Morgan fingerprint density at radius 1 is 1.26 bits per heavy atom. The predicted molar refractivity (Wildman–Crippen MR) is 77.3 cm³/mol. The van der Waals surface area contributed by atoms with Crippen LogP contribution in [-0.2, 0) is 25.9 Å². The van der Waals surface area contributed by atoms with Gasteiger partial charge in [-0.15, -0.1) is 0 Å². The highest BCUT2D eigenvalue weighted by Crippen LogP contribution is 2.17. The van der Waals surface area contributed by atoms with Crippen LogP contribution in [0.15, 0.2) is 24.3 Å². The Bertz CT molecular complexity index is 584. The van der Waals surface area contributed by atoms with Crippen LogP contribution in [0.5, 0.6) is 0 Å². The molecule has 100 valence electrons. The molecule has 3 heteroatoms. The summed E-state index contributed by atoms with van der Waals surface area (Å²) in [6, 6.07) is 8.66. The fraction of sp³-hybridized carbons (Fsp3) is 0.438. The summed E-state index contributed by atoms with van der Waals surface area (Å²) < 4.78 is 2.41. The Hall–Kier alpha value is -1.61. The van der Waals surface area contributed by atoms with Crippen molar-refractivity contribution in [2.24, 2.45) is 0 Å². The molecule has 2 heterocycles. The molecule has 1 aliphatic heterocycles. The SMILES string of the molecule is Cc1ccccc1CCn1c(C)nc2c1CCNC2. The first-order chi connectivity index (χ1) is 9.25. The Balaban J connectivity index is 1.81. The summed E-state index contributed by atoms with van der Waals surface area (Å²) in [5.74, 6) is 1.15. The molecule has 0 bridgehead atoms. The Kier molecular flexibility index (Phi) is 3.38. The minimum absolute atomic E-state index is 0.924. The standard InChI is InChI=1S/C16H21N3/c1-12-5-3-4-6-14(12)8-10-19-13(2)18-15-11-17-9-7-16(15)19/h3-6,17H,7-11H2,1-2H3. The average Bonchev–Trinajstić information content (AvgIpc) is 2.74. The first-order valence-electron chi connectivity index (χ1n) is 7.06. The van der Waals surface area contributed by atoms with E-state index < -0.39 is 0 Å². The summed E-state index contributed by atoms with van der Waals surface area (Å²) in [6.45, 7) is 7.35. The number of aromatic nitrogens is 2. The lowest BCUT2D eigenvalue weighted by Gasteiger charge is -2.16. The van der Waals surface area contributed by atoms with Gasteiger partial charge in [-0.05, 0) is 31.4 Å². The largest absolute Gasteiger partial charge is 0.332 e. The second-order valence-corrected chi connectivity index (χ2v) is 5.31. The maximum Gasteiger partial charge on any atom is 0.106 e. The van der Waals surface area contributed by atoms with Crippen molar-refractivity contribution in [1.29, 1.82) is 0 Å². The minimum Gasteiger partial charge on any atom is -0.332 e. The lowest BCUT2D eigenvalue weighted by Crippen LogP contribution is -2.25. The molecule has 0 unspecified atom stereocenters. The van der Waals surface area contributed by atoms with Crippen molar-refractivity contribution in [1.82, 2.24) is 14.9 Å². The van der Waals surface area contributed by atoms with Crippen LogP contribution >= 0.6 is 0 Å². The van der Waals surface area contributed by atoms with Crippen LogP contribution in [0.1, 0.15) is 28.3 Å². The number of hydrogen-bond donors (Lipinski definition) is 1. The zero-order valence-corrected chi connectivity index (χ0v) is 11.7. The molecule has 0 saturated carbocycles. The molecule has 0 fully saturated rings. The third kappa shape index (κ3) is 2.43. The highest BCUT2D eigenvalue weighted by Gasteiger charge is 2.17. The highest BCUT2D eigenvalue weighted by atomic mass is 15.1. The quantitative estimate of drug-likeness (QED) is 0.912. The molecule has 2 aromatic rings. The molecule has 1 aromatic carbocycles. The molecule has 3 rings (SSSR count). The topological polar surface area (TPSA) is 29.9 Å². The van der Waals surface area contributed by atoms with Gasteiger partial charge in [0.05, 0.1) is 5.69 Å². The molecule has 0 saturated heterocycles. The van der Waals surface area contributed by atoms with Gasteiger partial charge in [0, 0.05) is 31.7 Å². The van der Waals surface area contributed by atoms with Crippen LogP contribution in [0, 0.1) is 13.8 Å². The Morgan fingerprint density at radius 2 is 2.11 bits per heavy atom. The fourth-order valence-electron chi connectivity index (χ4n) is 2.93. The summed E-state index contributed by atoms with van der Waals surface area (Å²) in [4.78, 5) is 4.69. The van der Waals surface area contributed by atoms with Crippen molar-refractivity contribution in [3.8, 4) is 0 Å². The van der Waals surface area contributed by atoms with E-state index in [-0.39, 0.29) is 0 Å². The van der Waals surface area contributed by atoms with E-state index in [2.05, 4.69) is 53.0 Å². The summed E-state index contributed by atoms with van der Waals surface area (Å²) in [5.41, 5.74) is 5.51. The van der Waals surface area contributed by atoms with Gasteiger partial charge in [-0.25, -0.2) is 4.98 Å². The first kappa shape index (κ1) is 12.4. The van der Waals surface area contributed by atoms with Gasteiger partial charge in [0.2, 0.25) is 0 Å². The molecule has 0 aliphatic carbocycles. The van der Waals surface area contributed by atoms with Crippen LogP contribution in [0.4, 0.5) is 0 Å². The van der Waals surface area contributed by atoms with E-state index in [1.54, 1.807) is 0 Å². The number of hydrogen-bond acceptors (Lipinski definition) is 2. The third-order valence-corrected chi connectivity index (χ3v) is 4.04. The minimum atomic E-state index is 0.924. The van der Waals surface area contributed by atoms with Crippen molar-refractivity contribution in [3.63, 3.8) is 0 Å². The van der Waals surface area contributed by atoms with Crippen molar-refractivity contribution in [3.05, 3.63) is 52.6 Å². The third-order valence-electron chi connectivity index (χ3n) is 4.04. The zero-order chi connectivity index (χ0) is 13.2. The van der Waals surface area contributed by atoms with E-state index in [0.29, 0.717) is 0 Å². The van der Waals surface area contributed by atoms with E-state index in [1.165, 1.54) is 22.5 Å². The number of nitrogens with zero attached hydrogens (tertiary/aromatic N) is 2. The number of rotatable bonds is 3. The second-order valence-electron chi connectivity index (χ2n) is 5.31. The molecular formula is C16H21N3. The van der Waals surface area contributed by atoms with Crippen molar-refractivity contribution in [2.45, 2.75) is 39.8 Å². The predicted octanol–water partition coefficient (Wildman–Crippen LogP) is 2.39. The second kappa shape index (κ2) is 5.17. The van der Waals surface area contributed by atoms with Crippen LogP contribution in [0.2, 0.25) is 0 Å². The molecule has 0 spiro atoms. The zero-order valence-electron chi connectivity index (χ0n) is 11.7. The molecule has 0 radical (unpaired) electrons. The number of benzene rings is 1. The summed E-state index contributed by atoms with van der Waals surface area (Å²) in [5, 5.41) is 3.39. The van der Waals surface area contributed by atoms with Gasteiger partial charge >= 0.3 is 0 Å². The first-order valence-corrected chi connectivity index (χ1v) is 7.06. The highest BCUT2D eigenvalue weighted by molar-refractivity contribution is 5.26. The number of aryl methyl sites for hydroxylation is 3. The average molecular weight is 255 g/mol. The van der Waals surface area contributed by atoms with E-state index in [4.69, 9.17) is 0 Å². The van der Waals surface area contributed by atoms with E-state index >= 15 is 0 Å². The maximum atomic E-state index is 4.69. The molecule has 1 aliphatic rings. The van der Waals surface area contributed by atoms with Crippen LogP contribution in [-0.4, -0.2) is 16.1 Å². The molecule has 0 atom stereocenters. The van der Waals surface area contributed by atoms with E-state index in [0.717, 1.165) is 38.3 Å². The van der Waals surface area contributed by atoms with Gasteiger partial charge in [-0.2, -0.15) is 0 Å². The van der Waals surface area contributed by atoms with Crippen molar-refractivity contribution >= 4 is 0 Å². The summed E-state index contributed by atoms with van der Waals surface area (Å²) >= 11 is 0. The smallest absolute Gasteiger partial charge is 0.106 e. The van der Waals surface area contributed by atoms with Crippen LogP contribution in [0.3, 0.4) is 0 Å². The molecule has 1 N–H and O–H groups in total. The van der Waals surface area contributed by atoms with Crippen LogP contribution < -0.4 is 5.32 Å². The normalized spacial score (nSPS) is 14.4. The monoisotopic (exact) mass is 255 g/mol. The maximum absolute atomic E-state index is 4.69. The Labute approximate surface area is 114 Å². The molecule has 0 amide bonds. The number of nitrogens with one attached hydrogen (secondary N) is 1. The summed E-state index contributed by atoms with van der Waals surface area (Å²) in [6.07, 6.45) is 2.19. The number of fused-ring (bicyclic) bond motifs is 1. The van der Waals surface area contributed by atoms with Gasteiger partial charge in [-0.1, -0.05) is 24.3 Å². The molecule has 3 nitrogen and oxygen atoms in total. The van der Waals surface area contributed by atoms with Gasteiger partial charge in [-0.3, -0.25) is 0 Å². The van der Waals surface area contributed by atoms with Gasteiger partial charge in [0.1, 0.15) is 5.82 Å². The molecular weight excluding hydrogens is 234 g/mol. The van der Waals surface area contributed by atoms with Gasteiger partial charge in [0.25, 0.3) is 0 Å². The Morgan fingerprint density at radius 3 is 2.95 bits per heavy atom. The van der Waals surface area contributed by atoms with Crippen LogP contribution in [0.25, 0.3) is 0 Å². The molecule has 1 aromatic heterocycles. The van der Waals surface area contributed by atoms with E-state index in [1.807, 2.05) is 0 Å². The van der Waals surface area contributed by atoms with Gasteiger partial charge < -0.3 is 9.88 Å². The number of imidazole rings is 1. The van der Waals surface area contributed by atoms with Crippen molar-refractivity contribution < 1.29 is 0 Å².